The molecule has 0 heterocycles. The number of aliphatic imine (C=N–C) groups is 1. The van der Waals surface area contributed by atoms with Crippen molar-refractivity contribution >= 4 is 27.5 Å². The second-order valence-electron chi connectivity index (χ2n) is 5.65. The summed E-state index contributed by atoms with van der Waals surface area (Å²) >= 11 is 3.48. The number of halogens is 1. The predicted octanol–water partition coefficient (Wildman–Crippen LogP) is 5.44. The SMILES string of the molecule is NC(=N/C(=C\Cc1ccccc1)c1ccccc1)c1cccc(Br)c1. The summed E-state index contributed by atoms with van der Waals surface area (Å²) in [6.45, 7) is 0. The summed E-state index contributed by atoms with van der Waals surface area (Å²) in [6.07, 6.45) is 2.93. The number of benzene rings is 3. The number of amidine groups is 1. The maximum Gasteiger partial charge on any atom is 0.131 e. The summed E-state index contributed by atoms with van der Waals surface area (Å²) in [5, 5.41) is 0. The molecule has 0 saturated carbocycles. The molecule has 3 aromatic rings. The van der Waals surface area contributed by atoms with Crippen molar-refractivity contribution in [1.82, 2.24) is 0 Å². The molecule has 2 nitrogen and oxygen atoms in total. The van der Waals surface area contributed by atoms with Crippen LogP contribution in [0, 0.1) is 0 Å². The van der Waals surface area contributed by atoms with Gasteiger partial charge in [0.15, 0.2) is 0 Å². The Morgan fingerprint density at radius 1 is 0.840 bits per heavy atom. The standard InChI is InChI=1S/C22H19BrN2/c23-20-13-7-12-19(16-20)22(24)25-21(18-10-5-2-6-11-18)15-14-17-8-3-1-4-9-17/h1-13,15-16H,14H2,(H2,24,25)/b21-15-. The van der Waals surface area contributed by atoms with Gasteiger partial charge in [-0.3, -0.25) is 0 Å². The molecule has 0 radical (unpaired) electrons. The number of hydrogen-bond acceptors (Lipinski definition) is 1. The lowest BCUT2D eigenvalue weighted by atomic mass is 10.1. The molecule has 0 aliphatic rings. The fourth-order valence-corrected chi connectivity index (χ4v) is 2.91. The molecule has 0 aromatic heterocycles. The third-order valence-electron chi connectivity index (χ3n) is 3.80. The van der Waals surface area contributed by atoms with E-state index in [0.717, 1.165) is 27.7 Å². The fraction of sp³-hybridized carbons (Fsp3) is 0.0455. The maximum absolute atomic E-state index is 6.26. The van der Waals surface area contributed by atoms with Crippen molar-refractivity contribution in [3.63, 3.8) is 0 Å². The normalized spacial score (nSPS) is 12.2. The van der Waals surface area contributed by atoms with E-state index in [2.05, 4.69) is 46.3 Å². The van der Waals surface area contributed by atoms with Crippen LogP contribution in [0.1, 0.15) is 16.7 Å². The largest absolute Gasteiger partial charge is 0.383 e. The van der Waals surface area contributed by atoms with Crippen molar-refractivity contribution in [2.45, 2.75) is 6.42 Å². The zero-order valence-corrected chi connectivity index (χ0v) is 15.4. The highest BCUT2D eigenvalue weighted by molar-refractivity contribution is 9.10. The van der Waals surface area contributed by atoms with E-state index in [-0.39, 0.29) is 0 Å². The molecule has 0 aliphatic heterocycles. The highest BCUT2D eigenvalue weighted by atomic mass is 79.9. The molecule has 124 valence electrons. The monoisotopic (exact) mass is 390 g/mol. The minimum atomic E-state index is 0.504. The first-order chi connectivity index (χ1) is 12.2. The Morgan fingerprint density at radius 3 is 2.16 bits per heavy atom. The van der Waals surface area contributed by atoms with Gasteiger partial charge in [-0.05, 0) is 29.7 Å². The predicted molar refractivity (Wildman–Crippen MR) is 109 cm³/mol. The van der Waals surface area contributed by atoms with Crippen LogP contribution in [0.2, 0.25) is 0 Å². The van der Waals surface area contributed by atoms with E-state index >= 15 is 0 Å². The molecular weight excluding hydrogens is 372 g/mol. The van der Waals surface area contributed by atoms with E-state index in [1.54, 1.807) is 0 Å². The van der Waals surface area contributed by atoms with Crippen molar-refractivity contribution in [2.75, 3.05) is 0 Å². The quantitative estimate of drug-likeness (QED) is 0.457. The van der Waals surface area contributed by atoms with Gasteiger partial charge in [-0.1, -0.05) is 94.8 Å². The Labute approximate surface area is 156 Å². The van der Waals surface area contributed by atoms with Crippen LogP contribution in [0.5, 0.6) is 0 Å². The van der Waals surface area contributed by atoms with E-state index in [0.29, 0.717) is 5.84 Å². The Morgan fingerprint density at radius 2 is 1.48 bits per heavy atom. The first-order valence-electron chi connectivity index (χ1n) is 8.12. The van der Waals surface area contributed by atoms with Crippen LogP contribution >= 0.6 is 15.9 Å². The van der Waals surface area contributed by atoms with Gasteiger partial charge < -0.3 is 5.73 Å². The molecular formula is C22H19BrN2. The van der Waals surface area contributed by atoms with Gasteiger partial charge in [-0.25, -0.2) is 4.99 Å². The number of nitrogens with zero attached hydrogens (tertiary/aromatic N) is 1. The van der Waals surface area contributed by atoms with Gasteiger partial charge in [0.2, 0.25) is 0 Å². The van der Waals surface area contributed by atoms with E-state index in [9.17, 15) is 0 Å². The van der Waals surface area contributed by atoms with Gasteiger partial charge in [-0.15, -0.1) is 0 Å². The number of hydrogen-bond donors (Lipinski definition) is 1. The molecule has 2 N–H and O–H groups in total. The summed E-state index contributed by atoms with van der Waals surface area (Å²) in [7, 11) is 0. The van der Waals surface area contributed by atoms with Gasteiger partial charge in [0.1, 0.15) is 5.84 Å². The summed E-state index contributed by atoms with van der Waals surface area (Å²) in [4.78, 5) is 4.71. The first-order valence-corrected chi connectivity index (χ1v) is 8.91. The average molecular weight is 391 g/mol. The van der Waals surface area contributed by atoms with E-state index in [1.807, 2.05) is 60.7 Å². The van der Waals surface area contributed by atoms with E-state index in [4.69, 9.17) is 10.7 Å². The molecule has 0 atom stereocenters. The van der Waals surface area contributed by atoms with Gasteiger partial charge in [0, 0.05) is 10.0 Å². The molecule has 3 heteroatoms. The lowest BCUT2D eigenvalue weighted by Gasteiger charge is -2.07. The zero-order chi connectivity index (χ0) is 17.5. The van der Waals surface area contributed by atoms with Crippen LogP contribution in [-0.4, -0.2) is 5.84 Å². The Balaban J connectivity index is 1.95. The number of nitrogens with two attached hydrogens (primary N) is 1. The highest BCUT2D eigenvalue weighted by Gasteiger charge is 2.04. The summed E-state index contributed by atoms with van der Waals surface area (Å²) in [5.74, 6) is 0.504. The van der Waals surface area contributed by atoms with Crippen LogP contribution in [0.4, 0.5) is 0 Å². The Kier molecular flexibility index (Phi) is 5.81. The molecule has 0 bridgehead atoms. The van der Waals surface area contributed by atoms with E-state index in [1.165, 1.54) is 5.56 Å². The zero-order valence-electron chi connectivity index (χ0n) is 13.8. The topological polar surface area (TPSA) is 38.4 Å². The second kappa shape index (κ2) is 8.45. The third-order valence-corrected chi connectivity index (χ3v) is 4.30. The molecule has 0 spiro atoms. The van der Waals surface area contributed by atoms with Gasteiger partial charge in [0.05, 0.1) is 5.70 Å². The third kappa shape index (κ3) is 4.91. The number of rotatable bonds is 5. The summed E-state index contributed by atoms with van der Waals surface area (Å²) in [5.41, 5.74) is 10.3. The van der Waals surface area contributed by atoms with Crippen molar-refractivity contribution in [3.8, 4) is 0 Å². The maximum atomic E-state index is 6.26. The highest BCUT2D eigenvalue weighted by Crippen LogP contribution is 2.19. The Bertz CT molecular complexity index is 884. The lowest BCUT2D eigenvalue weighted by molar-refractivity contribution is 1.26. The Hall–Kier alpha value is -2.65. The summed E-state index contributed by atoms with van der Waals surface area (Å²) in [6, 6.07) is 28.3. The van der Waals surface area contributed by atoms with E-state index < -0.39 is 0 Å². The van der Waals surface area contributed by atoms with Gasteiger partial charge in [0.25, 0.3) is 0 Å². The molecule has 0 unspecified atom stereocenters. The van der Waals surface area contributed by atoms with Crippen LogP contribution < -0.4 is 5.73 Å². The fourth-order valence-electron chi connectivity index (χ4n) is 2.51. The molecule has 0 aliphatic carbocycles. The van der Waals surface area contributed by atoms with Crippen LogP contribution in [-0.2, 0) is 6.42 Å². The van der Waals surface area contributed by atoms with Crippen LogP contribution in [0.15, 0.2) is 100 Å². The van der Waals surface area contributed by atoms with Crippen LogP contribution in [0.25, 0.3) is 5.70 Å². The molecule has 3 aromatic carbocycles. The van der Waals surface area contributed by atoms with Crippen LogP contribution in [0.3, 0.4) is 0 Å². The van der Waals surface area contributed by atoms with Gasteiger partial charge in [-0.2, -0.15) is 0 Å². The molecule has 0 amide bonds. The smallest absolute Gasteiger partial charge is 0.131 e. The molecule has 0 fully saturated rings. The molecule has 25 heavy (non-hydrogen) atoms. The minimum absolute atomic E-state index is 0.504. The van der Waals surface area contributed by atoms with Crippen molar-refractivity contribution in [3.05, 3.63) is 112 Å². The van der Waals surface area contributed by atoms with Crippen molar-refractivity contribution < 1.29 is 0 Å². The molecule has 0 saturated heterocycles. The van der Waals surface area contributed by atoms with Gasteiger partial charge >= 0.3 is 0 Å². The number of allylic oxidation sites excluding steroid dienone is 1. The summed E-state index contributed by atoms with van der Waals surface area (Å²) < 4.78 is 0.984. The first kappa shape index (κ1) is 17.2. The average Bonchev–Trinajstić information content (AvgIpc) is 2.66. The van der Waals surface area contributed by atoms with Crippen molar-refractivity contribution in [1.29, 1.82) is 0 Å². The lowest BCUT2D eigenvalue weighted by Crippen LogP contribution is -2.13. The molecule has 3 rings (SSSR count). The second-order valence-corrected chi connectivity index (χ2v) is 6.57. The minimum Gasteiger partial charge on any atom is -0.383 e. The van der Waals surface area contributed by atoms with Crippen molar-refractivity contribution in [2.24, 2.45) is 10.7 Å².